The van der Waals surface area contributed by atoms with Crippen molar-refractivity contribution in [1.82, 2.24) is 9.55 Å². The lowest BCUT2D eigenvalue weighted by Crippen LogP contribution is -2.40. The fraction of sp³-hybridized carbons (Fsp3) is 0.588. The molecular formula is C17H22IN3O8S. The second-order valence-corrected chi connectivity index (χ2v) is 8.41. The third-order valence-electron chi connectivity index (χ3n) is 3.95. The number of aromatic nitrogens is 2. The smallest absolute Gasteiger partial charge is 0.412 e. The van der Waals surface area contributed by atoms with Crippen molar-refractivity contribution in [3.8, 4) is 0 Å². The molecule has 1 amide bonds. The monoisotopic (exact) mass is 555 g/mol. The number of rotatable bonds is 7. The minimum atomic E-state index is -1.07. The molecule has 11 nitrogen and oxygen atoms in total. The third kappa shape index (κ3) is 6.31. The van der Waals surface area contributed by atoms with Crippen LogP contribution in [-0.4, -0.2) is 64.5 Å². The average molecular weight is 555 g/mol. The van der Waals surface area contributed by atoms with Gasteiger partial charge in [0.15, 0.2) is 24.3 Å². The fourth-order valence-electron chi connectivity index (χ4n) is 2.77. The van der Waals surface area contributed by atoms with Gasteiger partial charge in [-0.3, -0.25) is 19.5 Å². The summed E-state index contributed by atoms with van der Waals surface area (Å²) >= 11 is 3.41. The minimum Gasteiger partial charge on any atom is -0.456 e. The Morgan fingerprint density at radius 2 is 1.90 bits per heavy atom. The number of nitrogens with zero attached hydrogens (tertiary/aromatic N) is 2. The molecule has 1 aromatic rings. The van der Waals surface area contributed by atoms with Crippen molar-refractivity contribution in [2.75, 3.05) is 23.9 Å². The molecule has 30 heavy (non-hydrogen) atoms. The second-order valence-electron chi connectivity index (χ2n) is 6.26. The Labute approximate surface area is 190 Å². The number of carbonyl (C=O) groups is 3. The highest BCUT2D eigenvalue weighted by Crippen LogP contribution is 2.33. The summed E-state index contributed by atoms with van der Waals surface area (Å²) in [7, 11) is 0. The summed E-state index contributed by atoms with van der Waals surface area (Å²) in [6, 6.07) is 0. The fourth-order valence-corrected chi connectivity index (χ4v) is 3.57. The van der Waals surface area contributed by atoms with Crippen molar-refractivity contribution in [3.63, 3.8) is 0 Å². The number of hydrogen-bond donors (Lipinski definition) is 1. The summed E-state index contributed by atoms with van der Waals surface area (Å²) in [6.45, 7) is 4.27. The summed E-state index contributed by atoms with van der Waals surface area (Å²) in [5.41, 5.74) is -0.757. The molecule has 2 heterocycles. The second kappa shape index (κ2) is 10.9. The van der Waals surface area contributed by atoms with Crippen LogP contribution in [0.15, 0.2) is 11.0 Å². The standard InChI is InChI=1S/C17H22IN3O8S/c1-8-12(28-9(2)22)13(29-10(3)23)15(27-8)21-7-11(18)14(19-16(21)24)20-17(25)26-5-6-30-4/h7-8,12-13,15H,5-6H2,1-4H3,(H,19,20,24,25)/t8-,12-,13-,15-/m1/s1. The molecule has 1 aliphatic rings. The van der Waals surface area contributed by atoms with Gasteiger partial charge in [-0.1, -0.05) is 0 Å². The van der Waals surface area contributed by atoms with E-state index in [-0.39, 0.29) is 12.4 Å². The summed E-state index contributed by atoms with van der Waals surface area (Å²) in [4.78, 5) is 51.3. The van der Waals surface area contributed by atoms with Crippen LogP contribution in [0.4, 0.5) is 10.6 Å². The molecule has 0 saturated carbocycles. The molecule has 1 aliphatic heterocycles. The maximum absolute atomic E-state index is 12.6. The van der Waals surface area contributed by atoms with Gasteiger partial charge in [0.1, 0.15) is 6.61 Å². The topological polar surface area (TPSA) is 135 Å². The summed E-state index contributed by atoms with van der Waals surface area (Å²) in [5.74, 6) is -0.537. The van der Waals surface area contributed by atoms with Gasteiger partial charge in [0.2, 0.25) is 0 Å². The van der Waals surface area contributed by atoms with E-state index in [0.717, 1.165) is 4.57 Å². The first-order chi connectivity index (χ1) is 14.1. The van der Waals surface area contributed by atoms with Crippen molar-refractivity contribution in [2.24, 2.45) is 0 Å². The Kier molecular flexibility index (Phi) is 8.91. The SMILES string of the molecule is CSCCOC(=O)Nc1nc(=O)n([C@@H]2O[C@H](C)[C@@H](OC(C)=O)[C@H]2OC(C)=O)cc1I. The van der Waals surface area contributed by atoms with Crippen molar-refractivity contribution in [1.29, 1.82) is 0 Å². The number of ether oxygens (including phenoxy) is 4. The quantitative estimate of drug-likeness (QED) is 0.229. The highest BCUT2D eigenvalue weighted by Gasteiger charge is 2.48. The van der Waals surface area contributed by atoms with Crippen LogP contribution >= 0.6 is 34.4 Å². The van der Waals surface area contributed by atoms with E-state index < -0.39 is 48.3 Å². The van der Waals surface area contributed by atoms with Gasteiger partial charge in [0, 0.05) is 25.8 Å². The zero-order valence-electron chi connectivity index (χ0n) is 16.7. The van der Waals surface area contributed by atoms with Gasteiger partial charge in [-0.2, -0.15) is 16.7 Å². The molecule has 0 aromatic carbocycles. The van der Waals surface area contributed by atoms with Gasteiger partial charge in [-0.15, -0.1) is 0 Å². The highest BCUT2D eigenvalue weighted by molar-refractivity contribution is 14.1. The maximum Gasteiger partial charge on any atom is 0.412 e. The highest BCUT2D eigenvalue weighted by atomic mass is 127. The van der Waals surface area contributed by atoms with E-state index in [4.69, 9.17) is 18.9 Å². The number of amides is 1. The molecule has 1 saturated heterocycles. The van der Waals surface area contributed by atoms with Crippen LogP contribution in [0.25, 0.3) is 0 Å². The van der Waals surface area contributed by atoms with Gasteiger partial charge in [0.25, 0.3) is 0 Å². The van der Waals surface area contributed by atoms with E-state index >= 15 is 0 Å². The van der Waals surface area contributed by atoms with Crippen molar-refractivity contribution in [2.45, 2.75) is 45.3 Å². The zero-order valence-corrected chi connectivity index (χ0v) is 19.7. The summed E-state index contributed by atoms with van der Waals surface area (Å²) < 4.78 is 22.8. The summed E-state index contributed by atoms with van der Waals surface area (Å²) in [5, 5.41) is 2.42. The van der Waals surface area contributed by atoms with E-state index in [2.05, 4.69) is 10.3 Å². The first kappa shape index (κ1) is 24.4. The third-order valence-corrected chi connectivity index (χ3v) is 5.31. The van der Waals surface area contributed by atoms with Crippen LogP contribution in [0.1, 0.15) is 27.0 Å². The molecule has 0 bridgehead atoms. The molecule has 0 aliphatic carbocycles. The first-order valence-corrected chi connectivity index (χ1v) is 11.3. The molecule has 2 rings (SSSR count). The Morgan fingerprint density at radius 3 is 2.50 bits per heavy atom. The van der Waals surface area contributed by atoms with E-state index in [1.807, 2.05) is 28.8 Å². The van der Waals surface area contributed by atoms with Gasteiger partial charge < -0.3 is 18.9 Å². The van der Waals surface area contributed by atoms with Crippen LogP contribution in [0, 0.1) is 3.57 Å². The predicted molar refractivity (Wildman–Crippen MR) is 115 cm³/mol. The lowest BCUT2D eigenvalue weighted by molar-refractivity contribution is -0.165. The van der Waals surface area contributed by atoms with Gasteiger partial charge in [-0.05, 0) is 35.8 Å². The molecule has 0 unspecified atom stereocenters. The molecule has 0 spiro atoms. The molecule has 1 N–H and O–H groups in total. The Balaban J connectivity index is 2.28. The van der Waals surface area contributed by atoms with E-state index in [9.17, 15) is 19.2 Å². The number of halogens is 1. The Hall–Kier alpha value is -1.87. The van der Waals surface area contributed by atoms with Crippen LogP contribution in [0.2, 0.25) is 0 Å². The molecule has 4 atom stereocenters. The molecule has 166 valence electrons. The van der Waals surface area contributed by atoms with Gasteiger partial charge >= 0.3 is 23.7 Å². The van der Waals surface area contributed by atoms with Crippen LogP contribution < -0.4 is 11.0 Å². The lowest BCUT2D eigenvalue weighted by Gasteiger charge is -2.23. The number of thioether (sulfide) groups is 1. The van der Waals surface area contributed by atoms with Crippen molar-refractivity contribution >= 4 is 58.2 Å². The number of anilines is 1. The van der Waals surface area contributed by atoms with Crippen LogP contribution in [0.3, 0.4) is 0 Å². The van der Waals surface area contributed by atoms with Crippen LogP contribution in [0.5, 0.6) is 0 Å². The van der Waals surface area contributed by atoms with Gasteiger partial charge in [0.05, 0.1) is 9.67 Å². The predicted octanol–water partition coefficient (Wildman–Crippen LogP) is 1.54. The molecular weight excluding hydrogens is 533 g/mol. The van der Waals surface area contributed by atoms with Crippen LogP contribution in [-0.2, 0) is 28.5 Å². The Bertz CT molecular complexity index is 864. The first-order valence-electron chi connectivity index (χ1n) is 8.85. The van der Waals surface area contributed by atoms with E-state index in [1.54, 1.807) is 6.92 Å². The number of nitrogens with one attached hydrogen (secondary N) is 1. The molecule has 13 heteroatoms. The molecule has 1 fully saturated rings. The maximum atomic E-state index is 12.6. The van der Waals surface area contributed by atoms with Crippen molar-refractivity contribution in [3.05, 3.63) is 20.3 Å². The largest absolute Gasteiger partial charge is 0.456 e. The number of carbonyl (C=O) groups excluding carboxylic acids is 3. The summed E-state index contributed by atoms with van der Waals surface area (Å²) in [6.07, 6.45) is -1.10. The van der Waals surface area contributed by atoms with Gasteiger partial charge in [-0.25, -0.2) is 9.59 Å². The Morgan fingerprint density at radius 1 is 1.27 bits per heavy atom. The lowest BCUT2D eigenvalue weighted by atomic mass is 10.1. The molecule has 1 aromatic heterocycles. The van der Waals surface area contributed by atoms with Crippen molar-refractivity contribution < 1.29 is 33.3 Å². The average Bonchev–Trinajstić information content (AvgIpc) is 2.93. The zero-order chi connectivity index (χ0) is 22.4. The van der Waals surface area contributed by atoms with E-state index in [0.29, 0.717) is 9.32 Å². The number of hydrogen-bond acceptors (Lipinski definition) is 10. The molecule has 0 radical (unpaired) electrons. The minimum absolute atomic E-state index is 0.0256. The normalized spacial score (nSPS) is 23.0. The number of esters is 2. The van der Waals surface area contributed by atoms with E-state index in [1.165, 1.54) is 31.8 Å².